The number of aromatic nitrogens is 1. The molecule has 0 unspecified atom stereocenters. The predicted octanol–water partition coefficient (Wildman–Crippen LogP) is 0.859. The fraction of sp³-hybridized carbons (Fsp3) is 0.538. The Bertz CT molecular complexity index is 476. The number of aryl methyl sites for hydroxylation is 1. The van der Waals surface area contributed by atoms with Crippen molar-refractivity contribution in [1.82, 2.24) is 14.8 Å². The van der Waals surface area contributed by atoms with Gasteiger partial charge in [0.15, 0.2) is 0 Å². The first-order chi connectivity index (χ1) is 8.48. The summed E-state index contributed by atoms with van der Waals surface area (Å²) in [6.45, 7) is 7.35. The van der Waals surface area contributed by atoms with E-state index in [1.165, 1.54) is 0 Å². The number of carbonyl (C=O) groups is 2. The molecule has 2 rings (SSSR count). The molecule has 0 aliphatic carbocycles. The maximum Gasteiger partial charge on any atom is 0.271 e. The molecule has 2 amide bonds. The van der Waals surface area contributed by atoms with Crippen molar-refractivity contribution in [3.8, 4) is 0 Å². The van der Waals surface area contributed by atoms with Gasteiger partial charge in [-0.3, -0.25) is 9.59 Å². The van der Waals surface area contributed by atoms with Crippen molar-refractivity contribution < 1.29 is 9.59 Å². The Morgan fingerprint density at radius 3 is 2.89 bits per heavy atom. The summed E-state index contributed by atoms with van der Waals surface area (Å²) < 4.78 is 1.89. The van der Waals surface area contributed by atoms with Crippen LogP contribution in [0.15, 0.2) is 18.3 Å². The Morgan fingerprint density at radius 1 is 1.50 bits per heavy atom. The third kappa shape index (κ3) is 1.89. The molecule has 1 aliphatic rings. The Labute approximate surface area is 107 Å². The second kappa shape index (κ2) is 4.48. The van der Waals surface area contributed by atoms with Crippen LogP contribution in [-0.2, 0) is 11.3 Å². The van der Waals surface area contributed by atoms with Crippen molar-refractivity contribution in [2.45, 2.75) is 32.9 Å². The van der Waals surface area contributed by atoms with Gasteiger partial charge in [-0.1, -0.05) is 0 Å². The Hall–Kier alpha value is -1.78. The highest BCUT2D eigenvalue weighted by Gasteiger charge is 2.41. The number of piperazine rings is 1. The molecule has 1 N–H and O–H groups in total. The molecule has 0 atom stereocenters. The number of carbonyl (C=O) groups excluding carboxylic acids is 2. The van der Waals surface area contributed by atoms with Gasteiger partial charge in [0.1, 0.15) is 11.2 Å². The number of hydrogen-bond donors (Lipinski definition) is 1. The largest absolute Gasteiger partial charge is 0.352 e. The highest BCUT2D eigenvalue weighted by Crippen LogP contribution is 2.20. The van der Waals surface area contributed by atoms with Crippen molar-refractivity contribution in [1.29, 1.82) is 0 Å². The van der Waals surface area contributed by atoms with E-state index in [0.717, 1.165) is 6.54 Å². The van der Waals surface area contributed by atoms with Crippen LogP contribution >= 0.6 is 0 Å². The van der Waals surface area contributed by atoms with Crippen molar-refractivity contribution in [2.75, 3.05) is 13.1 Å². The van der Waals surface area contributed by atoms with Gasteiger partial charge in [0.2, 0.25) is 5.91 Å². The first kappa shape index (κ1) is 12.7. The van der Waals surface area contributed by atoms with Crippen LogP contribution in [0.5, 0.6) is 0 Å². The van der Waals surface area contributed by atoms with Crippen LogP contribution in [0.25, 0.3) is 0 Å². The third-order valence-corrected chi connectivity index (χ3v) is 3.49. The lowest BCUT2D eigenvalue weighted by molar-refractivity contribution is -0.133. The van der Waals surface area contributed by atoms with Gasteiger partial charge in [-0.25, -0.2) is 0 Å². The molecule has 0 spiro atoms. The molecule has 5 heteroatoms. The number of nitrogens with one attached hydrogen (secondary N) is 1. The van der Waals surface area contributed by atoms with E-state index in [1.807, 2.05) is 23.8 Å². The third-order valence-electron chi connectivity index (χ3n) is 3.49. The zero-order valence-corrected chi connectivity index (χ0v) is 11.1. The van der Waals surface area contributed by atoms with Crippen molar-refractivity contribution >= 4 is 11.8 Å². The molecule has 98 valence electrons. The molecule has 2 heterocycles. The fourth-order valence-corrected chi connectivity index (χ4v) is 2.28. The summed E-state index contributed by atoms with van der Waals surface area (Å²) in [4.78, 5) is 26.0. The summed E-state index contributed by atoms with van der Waals surface area (Å²) in [6.07, 6.45) is 1.88. The molecule has 1 saturated heterocycles. The minimum Gasteiger partial charge on any atom is -0.352 e. The van der Waals surface area contributed by atoms with Gasteiger partial charge in [0.05, 0.1) is 0 Å². The highest BCUT2D eigenvalue weighted by molar-refractivity contribution is 5.98. The van der Waals surface area contributed by atoms with Gasteiger partial charge >= 0.3 is 0 Å². The van der Waals surface area contributed by atoms with E-state index in [2.05, 4.69) is 5.32 Å². The molecular weight excluding hydrogens is 230 g/mol. The molecular formula is C13H19N3O2. The molecule has 5 nitrogen and oxygen atoms in total. The van der Waals surface area contributed by atoms with Crippen molar-refractivity contribution in [3.05, 3.63) is 24.0 Å². The molecule has 1 aromatic rings. The van der Waals surface area contributed by atoms with Gasteiger partial charge < -0.3 is 14.8 Å². The summed E-state index contributed by atoms with van der Waals surface area (Å²) in [5.74, 6) is -0.182. The molecule has 1 fully saturated rings. The average molecular weight is 249 g/mol. The standard InChI is InChI=1S/C13H19N3O2/c1-4-15-8-5-6-10(15)11(17)16-9-7-14-12(18)13(16,2)3/h5-6,8H,4,7,9H2,1-3H3,(H,14,18). The maximum absolute atomic E-state index is 12.5. The zero-order chi connectivity index (χ0) is 13.3. The minimum absolute atomic E-state index is 0.0818. The van der Waals surface area contributed by atoms with Crippen LogP contribution in [0.2, 0.25) is 0 Å². The lowest BCUT2D eigenvalue weighted by atomic mass is 9.98. The zero-order valence-electron chi connectivity index (χ0n) is 11.1. The van der Waals surface area contributed by atoms with Crippen LogP contribution in [0.3, 0.4) is 0 Å². The summed E-state index contributed by atoms with van der Waals surface area (Å²) >= 11 is 0. The number of nitrogens with zero attached hydrogens (tertiary/aromatic N) is 2. The number of rotatable bonds is 2. The van der Waals surface area contributed by atoms with E-state index < -0.39 is 5.54 Å². The minimum atomic E-state index is -0.793. The first-order valence-electron chi connectivity index (χ1n) is 6.24. The smallest absolute Gasteiger partial charge is 0.271 e. The van der Waals surface area contributed by atoms with E-state index in [-0.39, 0.29) is 11.8 Å². The molecule has 0 aromatic carbocycles. The summed E-state index contributed by atoms with van der Waals surface area (Å²) in [5.41, 5.74) is -0.154. The number of amides is 2. The lowest BCUT2D eigenvalue weighted by Gasteiger charge is -2.41. The SMILES string of the molecule is CCn1cccc1C(=O)N1CCNC(=O)C1(C)C. The van der Waals surface area contributed by atoms with Gasteiger partial charge in [-0.15, -0.1) is 0 Å². The normalized spacial score (nSPS) is 18.6. The van der Waals surface area contributed by atoms with Crippen LogP contribution in [-0.4, -0.2) is 39.9 Å². The molecule has 0 bridgehead atoms. The number of hydrogen-bond acceptors (Lipinski definition) is 2. The lowest BCUT2D eigenvalue weighted by Crippen LogP contribution is -2.63. The monoisotopic (exact) mass is 249 g/mol. The van der Waals surface area contributed by atoms with Gasteiger partial charge in [-0.05, 0) is 32.9 Å². The maximum atomic E-state index is 12.5. The van der Waals surface area contributed by atoms with E-state index in [4.69, 9.17) is 0 Å². The van der Waals surface area contributed by atoms with Gasteiger partial charge in [0, 0.05) is 25.8 Å². The van der Waals surface area contributed by atoms with Crippen molar-refractivity contribution in [2.24, 2.45) is 0 Å². The Kier molecular flexibility index (Phi) is 3.15. The highest BCUT2D eigenvalue weighted by atomic mass is 16.2. The molecule has 18 heavy (non-hydrogen) atoms. The van der Waals surface area contributed by atoms with Crippen LogP contribution in [0.1, 0.15) is 31.3 Å². The van der Waals surface area contributed by atoms with E-state index in [1.54, 1.807) is 24.8 Å². The predicted molar refractivity (Wildman–Crippen MR) is 68.2 cm³/mol. The molecule has 0 saturated carbocycles. The Balaban J connectivity index is 2.31. The van der Waals surface area contributed by atoms with E-state index >= 15 is 0 Å². The second-order valence-corrected chi connectivity index (χ2v) is 4.95. The second-order valence-electron chi connectivity index (χ2n) is 4.95. The van der Waals surface area contributed by atoms with E-state index in [9.17, 15) is 9.59 Å². The summed E-state index contributed by atoms with van der Waals surface area (Å²) in [5, 5.41) is 2.79. The first-order valence-corrected chi connectivity index (χ1v) is 6.24. The van der Waals surface area contributed by atoms with Gasteiger partial charge in [0.25, 0.3) is 5.91 Å². The summed E-state index contributed by atoms with van der Waals surface area (Å²) in [7, 11) is 0. The van der Waals surface area contributed by atoms with Crippen molar-refractivity contribution in [3.63, 3.8) is 0 Å². The fourth-order valence-electron chi connectivity index (χ4n) is 2.28. The molecule has 1 aliphatic heterocycles. The quantitative estimate of drug-likeness (QED) is 0.845. The van der Waals surface area contributed by atoms with Crippen LogP contribution in [0.4, 0.5) is 0 Å². The van der Waals surface area contributed by atoms with Crippen LogP contribution < -0.4 is 5.32 Å². The molecule has 1 aromatic heterocycles. The van der Waals surface area contributed by atoms with E-state index in [0.29, 0.717) is 18.8 Å². The topological polar surface area (TPSA) is 54.3 Å². The van der Waals surface area contributed by atoms with Gasteiger partial charge in [-0.2, -0.15) is 0 Å². The average Bonchev–Trinajstić information content (AvgIpc) is 2.80. The Morgan fingerprint density at radius 2 is 2.22 bits per heavy atom. The summed E-state index contributed by atoms with van der Waals surface area (Å²) in [6, 6.07) is 3.65. The van der Waals surface area contributed by atoms with Crippen LogP contribution in [0, 0.1) is 0 Å². The molecule has 0 radical (unpaired) electrons.